The van der Waals surface area contributed by atoms with Crippen molar-refractivity contribution in [3.63, 3.8) is 0 Å². The molecule has 1 N–H and O–H groups in total. The summed E-state index contributed by atoms with van der Waals surface area (Å²) in [5, 5.41) is 0. The third kappa shape index (κ3) is 6.08. The number of likely N-dealkylation sites (tertiary alicyclic amines) is 1. The normalized spacial score (nSPS) is 23.1. The van der Waals surface area contributed by atoms with Crippen LogP contribution in [0.2, 0.25) is 0 Å². The maximum Gasteiger partial charge on any atom is 0.211 e. The molecule has 1 aliphatic heterocycles. The van der Waals surface area contributed by atoms with Crippen LogP contribution < -0.4 is 4.72 Å². The quantitative estimate of drug-likeness (QED) is 0.767. The molecule has 5 heteroatoms. The van der Waals surface area contributed by atoms with Gasteiger partial charge in [0.1, 0.15) is 0 Å². The third-order valence-corrected chi connectivity index (χ3v) is 7.26. The second kappa shape index (κ2) is 9.15. The Hall–Kier alpha value is -0.910. The van der Waals surface area contributed by atoms with Crippen molar-refractivity contribution in [3.05, 3.63) is 35.9 Å². The first-order valence-electron chi connectivity index (χ1n) is 9.88. The van der Waals surface area contributed by atoms with Gasteiger partial charge in [0.15, 0.2) is 0 Å². The zero-order valence-corrected chi connectivity index (χ0v) is 16.0. The summed E-state index contributed by atoms with van der Waals surface area (Å²) >= 11 is 0. The van der Waals surface area contributed by atoms with E-state index in [0.29, 0.717) is 24.3 Å². The summed E-state index contributed by atoms with van der Waals surface area (Å²) in [6, 6.07) is 11.1. The molecule has 1 heterocycles. The van der Waals surface area contributed by atoms with Crippen molar-refractivity contribution >= 4 is 10.0 Å². The molecule has 1 aliphatic carbocycles. The summed E-state index contributed by atoms with van der Waals surface area (Å²) in [7, 11) is -3.11. The lowest BCUT2D eigenvalue weighted by molar-refractivity contribution is 0.133. The zero-order valence-electron chi connectivity index (χ0n) is 15.2. The highest BCUT2D eigenvalue weighted by Gasteiger charge is 2.25. The number of hydrogen-bond donors (Lipinski definition) is 1. The molecule has 25 heavy (non-hydrogen) atoms. The van der Waals surface area contributed by atoms with Crippen molar-refractivity contribution in [3.8, 4) is 0 Å². The van der Waals surface area contributed by atoms with E-state index in [4.69, 9.17) is 0 Å². The molecule has 1 saturated carbocycles. The van der Waals surface area contributed by atoms with Crippen LogP contribution in [-0.2, 0) is 16.6 Å². The lowest BCUT2D eigenvalue weighted by atomic mass is 9.98. The highest BCUT2D eigenvalue weighted by atomic mass is 32.2. The van der Waals surface area contributed by atoms with Gasteiger partial charge in [-0.1, -0.05) is 49.6 Å². The molecule has 2 fully saturated rings. The average molecular weight is 365 g/mol. The van der Waals surface area contributed by atoms with Crippen LogP contribution in [0.3, 0.4) is 0 Å². The number of piperidine rings is 1. The van der Waals surface area contributed by atoms with Gasteiger partial charge in [0.05, 0.1) is 5.75 Å². The highest BCUT2D eigenvalue weighted by Crippen LogP contribution is 2.26. The first-order valence-corrected chi connectivity index (χ1v) is 11.5. The van der Waals surface area contributed by atoms with E-state index >= 15 is 0 Å². The lowest BCUT2D eigenvalue weighted by Gasteiger charge is -2.36. The zero-order chi connectivity index (χ0) is 17.5. The van der Waals surface area contributed by atoms with Crippen LogP contribution in [0, 0.1) is 5.92 Å². The molecular weight excluding hydrogens is 332 g/mol. The summed E-state index contributed by atoms with van der Waals surface area (Å²) in [5.74, 6) is 0.701. The molecule has 2 aliphatic rings. The molecule has 0 radical (unpaired) electrons. The Labute approximate surface area is 153 Å². The molecule has 1 aromatic rings. The minimum atomic E-state index is -3.11. The van der Waals surface area contributed by atoms with Gasteiger partial charge in [-0.2, -0.15) is 0 Å². The van der Waals surface area contributed by atoms with Gasteiger partial charge in [-0.05, 0) is 50.1 Å². The fourth-order valence-corrected chi connectivity index (χ4v) is 5.84. The molecular formula is C20H32N2O2S. The minimum Gasteiger partial charge on any atom is -0.296 e. The van der Waals surface area contributed by atoms with Gasteiger partial charge in [0.2, 0.25) is 10.0 Å². The van der Waals surface area contributed by atoms with Crippen LogP contribution in [0.25, 0.3) is 0 Å². The fourth-order valence-electron chi connectivity index (χ4n) is 4.34. The summed E-state index contributed by atoms with van der Waals surface area (Å²) in [5.41, 5.74) is 1.34. The number of sulfonamides is 1. The Morgan fingerprint density at radius 1 is 1.00 bits per heavy atom. The highest BCUT2D eigenvalue weighted by molar-refractivity contribution is 7.89. The number of rotatable bonds is 8. The smallest absolute Gasteiger partial charge is 0.211 e. The number of nitrogens with zero attached hydrogens (tertiary/aromatic N) is 1. The van der Waals surface area contributed by atoms with E-state index < -0.39 is 10.0 Å². The van der Waals surface area contributed by atoms with Crippen LogP contribution in [-0.4, -0.2) is 38.2 Å². The van der Waals surface area contributed by atoms with Crippen LogP contribution in [0.15, 0.2) is 30.3 Å². The second-order valence-corrected chi connectivity index (χ2v) is 9.57. The standard InChI is InChI=1S/C20H32N2O2S/c23-25(24,17-19-10-4-5-11-19)21-14-13-20-12-6-7-15-22(20)16-18-8-2-1-3-9-18/h1-3,8-9,19-21H,4-7,10-17H2/t20-/m0/s1. The number of hydrogen-bond acceptors (Lipinski definition) is 3. The van der Waals surface area contributed by atoms with E-state index in [2.05, 4.69) is 40.0 Å². The molecule has 3 rings (SSSR count). The van der Waals surface area contributed by atoms with Gasteiger partial charge in [-0.15, -0.1) is 0 Å². The van der Waals surface area contributed by atoms with E-state index in [1.807, 2.05) is 0 Å². The maximum atomic E-state index is 12.3. The molecule has 0 bridgehead atoms. The number of benzene rings is 1. The van der Waals surface area contributed by atoms with Gasteiger partial charge >= 0.3 is 0 Å². The minimum absolute atomic E-state index is 0.325. The molecule has 1 saturated heterocycles. The Morgan fingerprint density at radius 3 is 2.48 bits per heavy atom. The molecule has 0 spiro atoms. The Bertz CT molecular complexity index is 612. The molecule has 1 aromatic carbocycles. The van der Waals surface area contributed by atoms with Gasteiger partial charge < -0.3 is 0 Å². The van der Waals surface area contributed by atoms with Gasteiger partial charge in [-0.25, -0.2) is 13.1 Å². The van der Waals surface area contributed by atoms with Crippen molar-refractivity contribution in [2.24, 2.45) is 5.92 Å². The predicted octanol–water partition coefficient (Wildman–Crippen LogP) is 3.54. The Kier molecular flexibility index (Phi) is 6.91. The van der Waals surface area contributed by atoms with Crippen molar-refractivity contribution in [2.75, 3.05) is 18.8 Å². The second-order valence-electron chi connectivity index (χ2n) is 7.72. The van der Waals surface area contributed by atoms with Gasteiger partial charge in [-0.3, -0.25) is 4.90 Å². The Morgan fingerprint density at radius 2 is 1.72 bits per heavy atom. The fraction of sp³-hybridized carbons (Fsp3) is 0.700. The van der Waals surface area contributed by atoms with E-state index in [-0.39, 0.29) is 0 Å². The van der Waals surface area contributed by atoms with Crippen molar-refractivity contribution < 1.29 is 8.42 Å². The van der Waals surface area contributed by atoms with Crippen LogP contribution in [0.1, 0.15) is 56.9 Å². The summed E-state index contributed by atoms with van der Waals surface area (Å²) < 4.78 is 27.4. The van der Waals surface area contributed by atoms with Gasteiger partial charge in [0.25, 0.3) is 0 Å². The molecule has 0 unspecified atom stereocenters. The third-order valence-electron chi connectivity index (χ3n) is 5.71. The maximum absolute atomic E-state index is 12.3. The first kappa shape index (κ1) is 18.9. The predicted molar refractivity (Wildman–Crippen MR) is 103 cm³/mol. The number of nitrogens with one attached hydrogen (secondary N) is 1. The summed E-state index contributed by atoms with van der Waals surface area (Å²) in [4.78, 5) is 2.53. The molecule has 4 nitrogen and oxygen atoms in total. The largest absolute Gasteiger partial charge is 0.296 e. The van der Waals surface area contributed by atoms with Crippen LogP contribution >= 0.6 is 0 Å². The topological polar surface area (TPSA) is 49.4 Å². The summed E-state index contributed by atoms with van der Waals surface area (Å²) in [6.45, 7) is 2.67. The molecule has 1 atom stereocenters. The Balaban J connectivity index is 1.46. The van der Waals surface area contributed by atoms with Crippen LogP contribution in [0.4, 0.5) is 0 Å². The van der Waals surface area contributed by atoms with Gasteiger partial charge in [0, 0.05) is 19.1 Å². The lowest BCUT2D eigenvalue weighted by Crippen LogP contribution is -2.41. The van der Waals surface area contributed by atoms with Crippen molar-refractivity contribution in [1.82, 2.24) is 9.62 Å². The monoisotopic (exact) mass is 364 g/mol. The van der Waals surface area contributed by atoms with Crippen LogP contribution in [0.5, 0.6) is 0 Å². The summed E-state index contributed by atoms with van der Waals surface area (Å²) in [6.07, 6.45) is 9.13. The SMILES string of the molecule is O=S(=O)(CC1CCCC1)NCC[C@@H]1CCCCN1Cc1ccccc1. The van der Waals surface area contributed by atoms with E-state index in [9.17, 15) is 8.42 Å². The average Bonchev–Trinajstić information content (AvgIpc) is 3.09. The van der Waals surface area contributed by atoms with Crippen molar-refractivity contribution in [2.45, 2.75) is 64.0 Å². The van der Waals surface area contributed by atoms with E-state index in [1.165, 1.54) is 37.7 Å². The van der Waals surface area contributed by atoms with Crippen molar-refractivity contribution in [1.29, 1.82) is 0 Å². The first-order chi connectivity index (χ1) is 12.1. The van der Waals surface area contributed by atoms with E-state index in [0.717, 1.165) is 32.4 Å². The molecule has 0 aromatic heterocycles. The van der Waals surface area contributed by atoms with E-state index in [1.54, 1.807) is 0 Å². The molecule has 0 amide bonds. The molecule has 140 valence electrons.